The van der Waals surface area contributed by atoms with E-state index in [1.54, 1.807) is 34.2 Å². The minimum atomic E-state index is -2.63. The Hall–Kier alpha value is -3.77. The molecule has 0 atom stereocenters. The highest BCUT2D eigenvalue weighted by atomic mass is 35.5. The number of imidazole rings is 1. The van der Waals surface area contributed by atoms with Gasteiger partial charge in [-0.15, -0.1) is 0 Å². The first-order valence-corrected chi connectivity index (χ1v) is 12.3. The van der Waals surface area contributed by atoms with Crippen LogP contribution in [0.15, 0.2) is 35.4 Å². The fraction of sp³-hybridized carbons (Fsp3) is 0.360. The fourth-order valence-corrected chi connectivity index (χ4v) is 4.67. The molecule has 0 radical (unpaired) electrons. The molecular formula is C25H25ClF2N6O4. The second-order valence-electron chi connectivity index (χ2n) is 8.96. The lowest BCUT2D eigenvalue weighted by Gasteiger charge is -2.31. The molecule has 0 saturated carbocycles. The van der Waals surface area contributed by atoms with Crippen molar-refractivity contribution >= 4 is 40.2 Å². The summed E-state index contributed by atoms with van der Waals surface area (Å²) in [7, 11) is 0. The van der Waals surface area contributed by atoms with Crippen LogP contribution in [0.1, 0.15) is 27.3 Å². The smallest absolute Gasteiger partial charge is 0.272 e. The van der Waals surface area contributed by atoms with Gasteiger partial charge in [-0.1, -0.05) is 17.7 Å². The van der Waals surface area contributed by atoms with E-state index < -0.39 is 18.9 Å². The maximum absolute atomic E-state index is 12.9. The topological polar surface area (TPSA) is 126 Å². The summed E-state index contributed by atoms with van der Waals surface area (Å²) in [4.78, 5) is 34.2. The van der Waals surface area contributed by atoms with Crippen LogP contribution in [-0.2, 0) is 22.5 Å². The molecule has 0 unspecified atom stereocenters. The zero-order valence-corrected chi connectivity index (χ0v) is 21.0. The maximum atomic E-state index is 12.9. The Labute approximate surface area is 221 Å². The third-order valence-corrected chi connectivity index (χ3v) is 6.58. The van der Waals surface area contributed by atoms with Gasteiger partial charge in [0, 0.05) is 30.3 Å². The van der Waals surface area contributed by atoms with E-state index in [4.69, 9.17) is 31.9 Å². The molecule has 1 aromatic heterocycles. The van der Waals surface area contributed by atoms with Crippen LogP contribution >= 0.6 is 11.6 Å². The van der Waals surface area contributed by atoms with Gasteiger partial charge in [-0.3, -0.25) is 14.6 Å². The summed E-state index contributed by atoms with van der Waals surface area (Å²) in [6.07, 6.45) is -2.40. The van der Waals surface area contributed by atoms with Crippen LogP contribution in [0.5, 0.6) is 5.75 Å². The van der Waals surface area contributed by atoms with Crippen molar-refractivity contribution in [3.05, 3.63) is 57.9 Å². The number of carbonyl (C=O) groups is 2. The lowest BCUT2D eigenvalue weighted by Crippen LogP contribution is -2.45. The highest BCUT2D eigenvalue weighted by molar-refractivity contribution is 6.32. The minimum absolute atomic E-state index is 0.0525. The van der Waals surface area contributed by atoms with E-state index in [9.17, 15) is 18.4 Å². The number of ether oxygens (including phenoxy) is 2. The Bertz CT molecular complexity index is 1410. The predicted octanol–water partition coefficient (Wildman–Crippen LogP) is 2.58. The number of hydrogen-bond acceptors (Lipinski definition) is 7. The number of rotatable bonds is 8. The van der Waals surface area contributed by atoms with Crippen LogP contribution < -0.4 is 10.5 Å². The van der Waals surface area contributed by atoms with Gasteiger partial charge in [-0.2, -0.15) is 5.10 Å². The number of alkyl halides is 2. The number of hydrazone groups is 1. The van der Waals surface area contributed by atoms with E-state index in [0.717, 1.165) is 11.1 Å². The predicted molar refractivity (Wildman–Crippen MR) is 136 cm³/mol. The summed E-state index contributed by atoms with van der Waals surface area (Å²) in [5, 5.41) is 6.60. The van der Waals surface area contributed by atoms with Crippen molar-refractivity contribution in [3.63, 3.8) is 0 Å². The summed E-state index contributed by atoms with van der Waals surface area (Å²) in [6, 6.07) is 8.20. The number of amides is 2. The number of H-pyrrole nitrogens is 1. The van der Waals surface area contributed by atoms with Crippen molar-refractivity contribution in [1.82, 2.24) is 19.9 Å². The van der Waals surface area contributed by atoms with Gasteiger partial charge in [0.1, 0.15) is 24.7 Å². The van der Waals surface area contributed by atoms with Gasteiger partial charge in [0.15, 0.2) is 0 Å². The molecule has 10 nitrogen and oxygen atoms in total. The lowest BCUT2D eigenvalue weighted by atomic mass is 9.96. The Balaban J connectivity index is 1.43. The average molecular weight is 547 g/mol. The van der Waals surface area contributed by atoms with Crippen molar-refractivity contribution < 1.29 is 27.8 Å². The third-order valence-electron chi connectivity index (χ3n) is 6.29. The molecule has 2 aliphatic heterocycles. The van der Waals surface area contributed by atoms with E-state index in [-0.39, 0.29) is 29.6 Å². The molecule has 2 amide bonds. The number of nitrogens with two attached hydrogens (primary N) is 1. The van der Waals surface area contributed by atoms with Gasteiger partial charge in [0.25, 0.3) is 6.43 Å². The number of nitrogens with zero attached hydrogens (tertiary/aromatic N) is 4. The molecule has 13 heteroatoms. The number of aromatic amines is 1. The van der Waals surface area contributed by atoms with Crippen molar-refractivity contribution in [2.75, 3.05) is 39.5 Å². The molecule has 0 aliphatic carbocycles. The summed E-state index contributed by atoms with van der Waals surface area (Å²) < 4.78 is 35.6. The average Bonchev–Trinajstić information content (AvgIpc) is 3.28. The van der Waals surface area contributed by atoms with E-state index in [1.807, 2.05) is 0 Å². The van der Waals surface area contributed by atoms with Crippen LogP contribution in [0.2, 0.25) is 5.02 Å². The van der Waals surface area contributed by atoms with Crippen LogP contribution in [0.4, 0.5) is 8.78 Å². The summed E-state index contributed by atoms with van der Waals surface area (Å²) in [5.41, 5.74) is 9.12. The lowest BCUT2D eigenvalue weighted by molar-refractivity contribution is -0.136. The molecule has 1 fully saturated rings. The van der Waals surface area contributed by atoms with Gasteiger partial charge >= 0.3 is 0 Å². The zero-order chi connectivity index (χ0) is 26.8. The quantitative estimate of drug-likeness (QED) is 0.447. The number of halogens is 3. The van der Waals surface area contributed by atoms with Crippen molar-refractivity contribution in [2.45, 2.75) is 19.4 Å². The number of benzene rings is 2. The molecule has 5 rings (SSSR count). The molecule has 3 N–H and O–H groups in total. The summed E-state index contributed by atoms with van der Waals surface area (Å²) >= 11 is 6.20. The number of nitrogens with one attached hydrogen (secondary N) is 1. The van der Waals surface area contributed by atoms with Crippen molar-refractivity contribution in [1.29, 1.82) is 0 Å². The van der Waals surface area contributed by atoms with Crippen LogP contribution in [0.3, 0.4) is 0 Å². The van der Waals surface area contributed by atoms with E-state index >= 15 is 0 Å². The standard InChI is InChI=1S/C25H25ClF2N6O4/c26-17-8-19-20(9-21(17)38-13-22(27)28)31-23(30-19)10-18-16-7-14(25(29)36)1-2-15(16)11-34(32-18)12-24(35)33-3-5-37-6-4-33/h1-2,7-9,22H,3-6,10-13H2,(H2,29,36)(H,30,31). The molecule has 3 heterocycles. The van der Waals surface area contributed by atoms with Crippen LogP contribution in [0.25, 0.3) is 11.0 Å². The van der Waals surface area contributed by atoms with E-state index in [2.05, 4.69) is 9.97 Å². The normalized spacial score (nSPS) is 15.5. The molecular weight excluding hydrogens is 522 g/mol. The molecule has 1 saturated heterocycles. The molecule has 0 spiro atoms. The maximum Gasteiger partial charge on any atom is 0.272 e. The zero-order valence-electron chi connectivity index (χ0n) is 20.3. The summed E-state index contributed by atoms with van der Waals surface area (Å²) in [5.74, 6) is 0.0180. The third kappa shape index (κ3) is 5.70. The Morgan fingerprint density at radius 2 is 2.00 bits per heavy atom. The molecule has 2 aliphatic rings. The van der Waals surface area contributed by atoms with Crippen LogP contribution in [0, 0.1) is 0 Å². The Morgan fingerprint density at radius 1 is 1.21 bits per heavy atom. The number of fused-ring (bicyclic) bond motifs is 2. The summed E-state index contributed by atoms with van der Waals surface area (Å²) in [6.45, 7) is 1.76. The highest BCUT2D eigenvalue weighted by Gasteiger charge is 2.25. The monoisotopic (exact) mass is 546 g/mol. The molecule has 2 aromatic carbocycles. The van der Waals surface area contributed by atoms with Crippen LogP contribution in [-0.4, -0.2) is 83.3 Å². The molecule has 3 aromatic rings. The number of carbonyl (C=O) groups excluding carboxylic acids is 2. The van der Waals surface area contributed by atoms with Crippen molar-refractivity contribution in [2.24, 2.45) is 10.8 Å². The Kier molecular flexibility index (Phi) is 7.43. The second kappa shape index (κ2) is 10.9. The van der Waals surface area contributed by atoms with Gasteiger partial charge in [-0.25, -0.2) is 13.8 Å². The fourth-order valence-electron chi connectivity index (χ4n) is 4.45. The largest absolute Gasteiger partial charge is 0.486 e. The molecule has 38 heavy (non-hydrogen) atoms. The van der Waals surface area contributed by atoms with Gasteiger partial charge in [0.2, 0.25) is 11.8 Å². The van der Waals surface area contributed by atoms with E-state index in [1.165, 1.54) is 6.07 Å². The number of hydrogen-bond donors (Lipinski definition) is 2. The SMILES string of the molecule is NC(=O)c1ccc2c(c1)C(Cc1nc3cc(OCC(F)F)c(Cl)cc3[nH]1)=NN(CC(=O)N1CCOCC1)C2. The van der Waals surface area contributed by atoms with E-state index in [0.29, 0.717) is 61.0 Å². The van der Waals surface area contributed by atoms with Crippen molar-refractivity contribution in [3.8, 4) is 5.75 Å². The van der Waals surface area contributed by atoms with Gasteiger partial charge in [0.05, 0.1) is 47.9 Å². The Morgan fingerprint density at radius 3 is 2.74 bits per heavy atom. The highest BCUT2D eigenvalue weighted by Crippen LogP contribution is 2.30. The van der Waals surface area contributed by atoms with Gasteiger partial charge in [-0.05, 0) is 23.8 Å². The van der Waals surface area contributed by atoms with Gasteiger partial charge < -0.3 is 25.1 Å². The number of morpholine rings is 1. The molecule has 200 valence electrons. The second-order valence-corrected chi connectivity index (χ2v) is 9.37. The number of aromatic nitrogens is 2. The first-order valence-electron chi connectivity index (χ1n) is 12.0. The minimum Gasteiger partial charge on any atom is -0.486 e. The first-order chi connectivity index (χ1) is 18.3. The molecule has 0 bridgehead atoms. The number of primary amides is 1. The first kappa shape index (κ1) is 25.9.